The minimum absolute atomic E-state index is 0.0434. The highest BCUT2D eigenvalue weighted by atomic mass is 19.1. The molecule has 4 fully saturated rings. The zero-order valence-corrected chi connectivity index (χ0v) is 58.6. The van der Waals surface area contributed by atoms with Crippen molar-refractivity contribution in [1.29, 1.82) is 0 Å². The molecule has 4 aromatic heterocycles. The van der Waals surface area contributed by atoms with Crippen LogP contribution in [-0.2, 0) is 0 Å². The Bertz CT molecular complexity index is 4480. The largest absolute Gasteiger partial charge is 0.487 e. The van der Waals surface area contributed by atoms with E-state index >= 15 is 0 Å². The zero-order valence-electron chi connectivity index (χ0n) is 58.6. The van der Waals surface area contributed by atoms with Gasteiger partial charge in [0.2, 0.25) is 21.7 Å². The molecule has 8 aliphatic rings. The monoisotopic (exact) mass is 1440 g/mol. The molecule has 0 radical (unpaired) electrons. The van der Waals surface area contributed by atoms with Crippen molar-refractivity contribution in [2.75, 3.05) is 179 Å². The van der Waals surface area contributed by atoms with Gasteiger partial charge in [0, 0.05) is 130 Å². The van der Waals surface area contributed by atoms with Crippen LogP contribution in [0.25, 0.3) is 43.6 Å². The molecule has 4 atom stereocenters. The number of aromatic nitrogens is 4. The summed E-state index contributed by atoms with van der Waals surface area (Å²) in [5.74, 6) is -6.17. The van der Waals surface area contributed by atoms with Crippen LogP contribution in [0.4, 0.5) is 40.3 Å². The summed E-state index contributed by atoms with van der Waals surface area (Å²) in [4.78, 5) is 112. The van der Waals surface area contributed by atoms with Crippen molar-refractivity contribution >= 4 is 90.2 Å². The lowest BCUT2D eigenvalue weighted by molar-refractivity contribution is 0.0683. The van der Waals surface area contributed by atoms with Crippen molar-refractivity contribution < 1.29 is 76.1 Å². The van der Waals surface area contributed by atoms with Gasteiger partial charge in [-0.15, -0.1) is 0 Å². The van der Waals surface area contributed by atoms with Crippen LogP contribution >= 0.6 is 0 Å². The Hall–Kier alpha value is -10.4. The van der Waals surface area contributed by atoms with E-state index in [1.54, 1.807) is 18.3 Å². The molecule has 8 aliphatic heterocycles. The number of likely N-dealkylation sites (N-methyl/N-ethyl adjacent to an activating group) is 4. The van der Waals surface area contributed by atoms with Crippen LogP contribution in [0.3, 0.4) is 0 Å². The van der Waals surface area contributed by atoms with Crippen molar-refractivity contribution in [3.8, 4) is 23.0 Å². The summed E-state index contributed by atoms with van der Waals surface area (Å²) in [5, 5.41) is 37.5. The van der Waals surface area contributed by atoms with E-state index in [0.717, 1.165) is 76.6 Å². The van der Waals surface area contributed by atoms with Crippen molar-refractivity contribution in [2.45, 2.75) is 51.9 Å². The van der Waals surface area contributed by atoms with Gasteiger partial charge in [-0.3, -0.25) is 19.2 Å². The normalized spacial score (nSPS) is 20.3. The molecule has 0 unspecified atom stereocenters. The quantitative estimate of drug-likeness (QED) is 0.124. The number of anilines is 4. The SMILES string of the molecule is C[C@H]1COc2c(N3CCN(C)CC3)c(F)cc3c(=O)c(C(=O)O)cn1c23.C[C@H]1COc2c(N3CCN(C)CC3)c(F)cc3c(=O)c(C(=O)O)cn1c23.C[C@H]1COc2c(N3CCN(C)CC3)c(F)cc3c(=O)c(C(=O)O)cn1c23.C[C@H]1COc2c(N3CCN(C)CC3)c(F)cc3c(=O)c(C(=O)O)cn1c23. The van der Waals surface area contributed by atoms with E-state index in [1.165, 1.54) is 24.8 Å². The third-order valence-corrected chi connectivity index (χ3v) is 20.8. The highest BCUT2D eigenvalue weighted by Crippen LogP contribution is 2.47. The molecule has 16 rings (SSSR count). The second-order valence-corrected chi connectivity index (χ2v) is 27.9. The molecule has 12 heterocycles. The molecule has 552 valence electrons. The van der Waals surface area contributed by atoms with Gasteiger partial charge >= 0.3 is 23.9 Å². The van der Waals surface area contributed by atoms with Gasteiger partial charge in [-0.2, -0.15) is 0 Å². The van der Waals surface area contributed by atoms with Gasteiger partial charge in [-0.05, 0) is 80.2 Å². The number of benzene rings is 4. The smallest absolute Gasteiger partial charge is 0.341 e. The van der Waals surface area contributed by atoms with E-state index in [4.69, 9.17) is 18.9 Å². The highest BCUT2D eigenvalue weighted by Gasteiger charge is 2.37. The van der Waals surface area contributed by atoms with Crippen LogP contribution in [0.15, 0.2) is 68.2 Å². The number of hydrogen-bond donors (Lipinski definition) is 4. The standard InChI is InChI=1S/4C18H20FN3O4/c4*1-10-9-26-17-14-11(16(23)12(18(24)25)8-22(10)14)7-13(19)15(17)21-5-3-20(2)4-6-21/h4*7-8,10H,3-6,9H2,1-2H3,(H,24,25)/t4*10-/m0000/s1. The fraction of sp³-hybridized carbons (Fsp3) is 0.444. The number of halogens is 4. The van der Waals surface area contributed by atoms with Crippen molar-refractivity contribution in [3.05, 3.63) is 135 Å². The number of carboxylic acid groups (broad SMARTS) is 4. The lowest BCUT2D eigenvalue weighted by Gasteiger charge is -2.37. The van der Waals surface area contributed by atoms with Gasteiger partial charge in [0.15, 0.2) is 46.3 Å². The lowest BCUT2D eigenvalue weighted by atomic mass is 10.1. The van der Waals surface area contributed by atoms with E-state index < -0.39 is 68.9 Å². The second kappa shape index (κ2) is 28.3. The molecule has 0 saturated carbocycles. The number of ether oxygens (including phenoxy) is 4. The molecular formula is C72H80F4N12O16. The van der Waals surface area contributed by atoms with Gasteiger partial charge in [0.25, 0.3) is 0 Å². The predicted octanol–water partition coefficient (Wildman–Crippen LogP) is 6.18. The number of rotatable bonds is 8. The predicted molar refractivity (Wildman–Crippen MR) is 380 cm³/mol. The van der Waals surface area contributed by atoms with Crippen LogP contribution < -0.4 is 60.3 Å². The van der Waals surface area contributed by atoms with Gasteiger partial charge in [-0.1, -0.05) is 0 Å². The first-order chi connectivity index (χ1) is 49.5. The summed E-state index contributed by atoms with van der Waals surface area (Å²) < 4.78 is 90.2. The Kier molecular flexibility index (Phi) is 19.6. The molecule has 4 N–H and O–H groups in total. The minimum Gasteiger partial charge on any atom is -0.487 e. The van der Waals surface area contributed by atoms with Gasteiger partial charge < -0.3 is 96.8 Å². The number of pyridine rings is 4. The third kappa shape index (κ3) is 12.9. The van der Waals surface area contributed by atoms with Gasteiger partial charge in [0.1, 0.15) is 71.4 Å². The molecule has 4 aromatic carbocycles. The van der Waals surface area contributed by atoms with Crippen LogP contribution in [0, 0.1) is 23.3 Å². The van der Waals surface area contributed by atoms with E-state index in [2.05, 4.69) is 19.6 Å². The van der Waals surface area contributed by atoms with Crippen LogP contribution in [0.2, 0.25) is 0 Å². The minimum atomic E-state index is -1.32. The first-order valence-corrected chi connectivity index (χ1v) is 34.4. The van der Waals surface area contributed by atoms with Crippen molar-refractivity contribution in [3.63, 3.8) is 0 Å². The van der Waals surface area contributed by atoms with Crippen molar-refractivity contribution in [1.82, 2.24) is 37.9 Å². The van der Waals surface area contributed by atoms with Crippen LogP contribution in [0.5, 0.6) is 23.0 Å². The average Bonchev–Trinajstić information content (AvgIpc) is 0.752. The number of carbonyl (C=O) groups is 4. The molecule has 32 heteroatoms. The number of carboxylic acids is 4. The summed E-state index contributed by atoms with van der Waals surface area (Å²) in [6, 6.07) is 3.98. The summed E-state index contributed by atoms with van der Waals surface area (Å²) >= 11 is 0. The molecule has 8 aromatic rings. The fourth-order valence-electron chi connectivity index (χ4n) is 14.8. The van der Waals surface area contributed by atoms with E-state index in [1.807, 2.05) is 75.5 Å². The van der Waals surface area contributed by atoms with Crippen LogP contribution in [-0.4, -0.2) is 242 Å². The first-order valence-electron chi connectivity index (χ1n) is 34.4. The molecule has 0 amide bonds. The van der Waals surface area contributed by atoms with E-state index in [-0.39, 0.29) is 94.4 Å². The third-order valence-electron chi connectivity index (χ3n) is 20.8. The summed E-state index contributed by atoms with van der Waals surface area (Å²) in [6.45, 7) is 20.3. The van der Waals surface area contributed by atoms with E-state index in [0.29, 0.717) is 120 Å². The number of nitrogens with zero attached hydrogens (tertiary/aromatic N) is 12. The van der Waals surface area contributed by atoms with Gasteiger partial charge in [0.05, 0.1) is 67.8 Å². The maximum atomic E-state index is 15.0. The summed E-state index contributed by atoms with van der Waals surface area (Å²) in [7, 11) is 8.06. The molecule has 4 saturated heterocycles. The number of piperazine rings is 4. The Morgan fingerprint density at radius 3 is 0.663 bits per heavy atom. The Balaban J connectivity index is 0.000000123. The summed E-state index contributed by atoms with van der Waals surface area (Å²) in [5.41, 5.74) is -0.895. The first kappa shape index (κ1) is 71.9. The molecule has 28 nitrogen and oxygen atoms in total. The number of aromatic carboxylic acids is 4. The topological polar surface area (TPSA) is 300 Å². The van der Waals surface area contributed by atoms with Crippen LogP contribution in [0.1, 0.15) is 93.3 Å². The van der Waals surface area contributed by atoms with Gasteiger partial charge in [-0.25, -0.2) is 36.7 Å². The fourth-order valence-corrected chi connectivity index (χ4v) is 14.8. The molecule has 104 heavy (non-hydrogen) atoms. The Morgan fingerprint density at radius 1 is 0.327 bits per heavy atom. The molecular weight excluding hydrogens is 1360 g/mol. The summed E-state index contributed by atoms with van der Waals surface area (Å²) in [6.07, 6.45) is 5.37. The molecule has 0 aliphatic carbocycles. The zero-order chi connectivity index (χ0) is 74.3. The second-order valence-electron chi connectivity index (χ2n) is 27.9. The van der Waals surface area contributed by atoms with Crippen molar-refractivity contribution in [2.24, 2.45) is 0 Å². The maximum absolute atomic E-state index is 15.0. The maximum Gasteiger partial charge on any atom is 0.341 e. The average molecular weight is 1450 g/mol. The lowest BCUT2D eigenvalue weighted by Crippen LogP contribution is -2.45. The highest BCUT2D eigenvalue weighted by molar-refractivity contribution is 6.01. The molecule has 0 spiro atoms. The van der Waals surface area contributed by atoms with E-state index in [9.17, 15) is 76.3 Å². The Morgan fingerprint density at radius 2 is 0.500 bits per heavy atom. The Labute approximate surface area is 591 Å². The number of hydrogen-bond acceptors (Lipinski definition) is 20. The molecule has 0 bridgehead atoms.